The lowest BCUT2D eigenvalue weighted by atomic mass is 10.1. The second-order valence-electron chi connectivity index (χ2n) is 5.52. The lowest BCUT2D eigenvalue weighted by Crippen LogP contribution is -2.31. The van der Waals surface area contributed by atoms with Crippen molar-refractivity contribution < 1.29 is 14.3 Å². The maximum atomic E-state index is 13.1. The van der Waals surface area contributed by atoms with Gasteiger partial charge in [0.25, 0.3) is 11.8 Å². The van der Waals surface area contributed by atoms with E-state index in [4.69, 9.17) is 16.3 Å². The number of thioether (sulfide) groups is 1. The molecule has 3 rings (SSSR count). The number of carbonyl (C=O) groups excluding carboxylic acids is 2. The molecule has 0 unspecified atom stereocenters. The zero-order valence-electron chi connectivity index (χ0n) is 14.5. The molecule has 0 bridgehead atoms. The number of hydrogen-bond acceptors (Lipinski definition) is 4. The Balaban J connectivity index is 2.01. The van der Waals surface area contributed by atoms with Crippen LogP contribution in [-0.2, 0) is 9.59 Å². The van der Waals surface area contributed by atoms with E-state index in [-0.39, 0.29) is 11.8 Å². The lowest BCUT2D eigenvalue weighted by molar-refractivity contribution is -0.119. The molecule has 2 aromatic carbocycles. The molecule has 0 radical (unpaired) electrons. The molecule has 0 saturated carbocycles. The van der Waals surface area contributed by atoms with E-state index in [0.717, 1.165) is 5.75 Å². The van der Waals surface area contributed by atoms with Crippen LogP contribution >= 0.6 is 23.4 Å². The SMILES string of the molecule is CCOc1ccc(C2=C(SCC)C(=O)N(c3ccc(Cl)cc3)C2=O)cc1. The van der Waals surface area contributed by atoms with E-state index < -0.39 is 0 Å². The Morgan fingerprint density at radius 3 is 2.19 bits per heavy atom. The predicted octanol–water partition coefficient (Wildman–Crippen LogP) is 4.78. The Hall–Kier alpha value is -2.24. The minimum absolute atomic E-state index is 0.298. The summed E-state index contributed by atoms with van der Waals surface area (Å²) in [6, 6.07) is 13.9. The first-order chi connectivity index (χ1) is 12.6. The van der Waals surface area contributed by atoms with Crippen LogP contribution in [0.4, 0.5) is 5.69 Å². The van der Waals surface area contributed by atoms with Crippen molar-refractivity contribution in [1.29, 1.82) is 0 Å². The molecule has 26 heavy (non-hydrogen) atoms. The van der Waals surface area contributed by atoms with Crippen LogP contribution in [0.15, 0.2) is 53.4 Å². The normalized spacial score (nSPS) is 14.3. The highest BCUT2D eigenvalue weighted by atomic mass is 35.5. The van der Waals surface area contributed by atoms with Crippen LogP contribution in [0.5, 0.6) is 5.75 Å². The van der Waals surface area contributed by atoms with Crippen molar-refractivity contribution in [2.45, 2.75) is 13.8 Å². The number of amides is 2. The molecule has 134 valence electrons. The van der Waals surface area contributed by atoms with Crippen molar-refractivity contribution in [1.82, 2.24) is 0 Å². The Bertz CT molecular complexity index is 860. The number of imide groups is 1. The highest BCUT2D eigenvalue weighted by molar-refractivity contribution is 8.04. The van der Waals surface area contributed by atoms with Crippen LogP contribution in [0, 0.1) is 0 Å². The topological polar surface area (TPSA) is 46.6 Å². The van der Waals surface area contributed by atoms with Gasteiger partial charge in [-0.15, -0.1) is 11.8 Å². The van der Waals surface area contributed by atoms with Gasteiger partial charge in [0.1, 0.15) is 5.75 Å². The lowest BCUT2D eigenvalue weighted by Gasteiger charge is -2.15. The van der Waals surface area contributed by atoms with Gasteiger partial charge >= 0.3 is 0 Å². The van der Waals surface area contributed by atoms with E-state index in [1.54, 1.807) is 24.3 Å². The highest BCUT2D eigenvalue weighted by Gasteiger charge is 2.39. The third-order valence-electron chi connectivity index (χ3n) is 3.87. The standard InChI is InChI=1S/C20H18ClNO3S/c1-3-25-16-11-5-13(6-12-16)17-18(26-4-2)20(24)22(19(17)23)15-9-7-14(21)8-10-15/h5-12H,3-4H2,1-2H3. The second-order valence-corrected chi connectivity index (χ2v) is 7.23. The predicted molar refractivity (Wildman–Crippen MR) is 107 cm³/mol. The zero-order valence-corrected chi connectivity index (χ0v) is 16.1. The van der Waals surface area contributed by atoms with Gasteiger partial charge in [0.2, 0.25) is 0 Å². The van der Waals surface area contributed by atoms with E-state index in [9.17, 15) is 9.59 Å². The van der Waals surface area contributed by atoms with Gasteiger partial charge in [-0.1, -0.05) is 30.7 Å². The zero-order chi connectivity index (χ0) is 18.7. The Labute approximate surface area is 161 Å². The largest absolute Gasteiger partial charge is 0.494 e. The van der Waals surface area contributed by atoms with Gasteiger partial charge in [0, 0.05) is 5.02 Å². The summed E-state index contributed by atoms with van der Waals surface area (Å²) in [5.74, 6) is 0.807. The molecule has 0 atom stereocenters. The average molecular weight is 388 g/mol. The number of carbonyl (C=O) groups is 2. The van der Waals surface area contributed by atoms with E-state index >= 15 is 0 Å². The van der Waals surface area contributed by atoms with E-state index in [1.807, 2.05) is 38.1 Å². The fraction of sp³-hybridized carbons (Fsp3) is 0.200. The monoisotopic (exact) mass is 387 g/mol. The van der Waals surface area contributed by atoms with E-state index in [0.29, 0.717) is 39.1 Å². The van der Waals surface area contributed by atoms with Gasteiger partial charge in [0.05, 0.1) is 22.8 Å². The summed E-state index contributed by atoms with van der Waals surface area (Å²) in [6.45, 7) is 4.44. The molecule has 2 amide bonds. The molecular weight excluding hydrogens is 370 g/mol. The maximum Gasteiger partial charge on any atom is 0.272 e. The quantitative estimate of drug-likeness (QED) is 0.669. The van der Waals surface area contributed by atoms with Crippen LogP contribution in [-0.4, -0.2) is 24.2 Å². The number of benzene rings is 2. The molecule has 1 aliphatic rings. The first kappa shape index (κ1) is 18.5. The number of ether oxygens (including phenoxy) is 1. The fourth-order valence-electron chi connectivity index (χ4n) is 2.75. The number of nitrogens with zero attached hydrogens (tertiary/aromatic N) is 1. The number of hydrogen-bond donors (Lipinski definition) is 0. The van der Waals surface area contributed by atoms with Crippen LogP contribution in [0.1, 0.15) is 19.4 Å². The molecule has 0 aromatic heterocycles. The van der Waals surface area contributed by atoms with Gasteiger partial charge in [-0.2, -0.15) is 0 Å². The van der Waals surface area contributed by atoms with Crippen molar-refractivity contribution in [2.24, 2.45) is 0 Å². The van der Waals surface area contributed by atoms with Crippen molar-refractivity contribution >= 4 is 46.4 Å². The number of halogens is 1. The summed E-state index contributed by atoms with van der Waals surface area (Å²) in [7, 11) is 0. The molecule has 6 heteroatoms. The van der Waals surface area contributed by atoms with Crippen LogP contribution in [0.3, 0.4) is 0 Å². The first-order valence-electron chi connectivity index (χ1n) is 8.31. The fourth-order valence-corrected chi connectivity index (χ4v) is 3.73. The molecule has 0 spiro atoms. The highest BCUT2D eigenvalue weighted by Crippen LogP contribution is 2.38. The molecule has 1 aliphatic heterocycles. The van der Waals surface area contributed by atoms with Crippen molar-refractivity contribution in [3.8, 4) is 5.75 Å². The minimum atomic E-state index is -0.322. The van der Waals surface area contributed by atoms with Crippen molar-refractivity contribution in [3.05, 3.63) is 64.0 Å². The summed E-state index contributed by atoms with van der Waals surface area (Å²) >= 11 is 7.30. The summed E-state index contributed by atoms with van der Waals surface area (Å²) in [4.78, 5) is 27.7. The second kappa shape index (κ2) is 7.98. The van der Waals surface area contributed by atoms with E-state index in [1.165, 1.54) is 16.7 Å². The van der Waals surface area contributed by atoms with Crippen LogP contribution in [0.25, 0.3) is 5.57 Å². The smallest absolute Gasteiger partial charge is 0.272 e. The molecule has 0 N–H and O–H groups in total. The maximum absolute atomic E-state index is 13.1. The summed E-state index contributed by atoms with van der Waals surface area (Å²) in [5.41, 5.74) is 1.65. The van der Waals surface area contributed by atoms with Gasteiger partial charge < -0.3 is 4.74 Å². The molecule has 1 heterocycles. The van der Waals surface area contributed by atoms with Crippen LogP contribution < -0.4 is 9.64 Å². The molecule has 0 fully saturated rings. The molecule has 0 aliphatic carbocycles. The third-order valence-corrected chi connectivity index (χ3v) is 5.08. The minimum Gasteiger partial charge on any atom is -0.494 e. The van der Waals surface area contributed by atoms with Crippen molar-refractivity contribution in [3.63, 3.8) is 0 Å². The molecule has 0 saturated heterocycles. The Morgan fingerprint density at radius 1 is 0.962 bits per heavy atom. The van der Waals surface area contributed by atoms with Crippen molar-refractivity contribution in [2.75, 3.05) is 17.3 Å². The molecule has 4 nitrogen and oxygen atoms in total. The van der Waals surface area contributed by atoms with Crippen LogP contribution in [0.2, 0.25) is 5.02 Å². The summed E-state index contributed by atoms with van der Waals surface area (Å²) in [5, 5.41) is 0.552. The van der Waals surface area contributed by atoms with Gasteiger partial charge in [-0.25, -0.2) is 4.90 Å². The first-order valence-corrected chi connectivity index (χ1v) is 9.67. The Morgan fingerprint density at radius 2 is 1.62 bits per heavy atom. The number of anilines is 1. The van der Waals surface area contributed by atoms with E-state index in [2.05, 4.69) is 0 Å². The van der Waals surface area contributed by atoms with Gasteiger partial charge in [-0.05, 0) is 54.6 Å². The summed E-state index contributed by atoms with van der Waals surface area (Å²) in [6.07, 6.45) is 0. The molecule has 2 aromatic rings. The summed E-state index contributed by atoms with van der Waals surface area (Å²) < 4.78 is 5.45. The molecular formula is C20H18ClNO3S. The van der Waals surface area contributed by atoms with Gasteiger partial charge in [-0.3, -0.25) is 9.59 Å². The third kappa shape index (κ3) is 3.50. The average Bonchev–Trinajstić information content (AvgIpc) is 2.88. The Kier molecular flexibility index (Phi) is 5.69. The van der Waals surface area contributed by atoms with Gasteiger partial charge in [0.15, 0.2) is 0 Å². The number of rotatable bonds is 6.